The summed E-state index contributed by atoms with van der Waals surface area (Å²) in [6, 6.07) is 9.37. The van der Waals surface area contributed by atoms with E-state index in [1.165, 1.54) is 12.1 Å². The van der Waals surface area contributed by atoms with E-state index in [4.69, 9.17) is 9.88 Å². The van der Waals surface area contributed by atoms with Gasteiger partial charge in [0.05, 0.1) is 4.90 Å². The molecule has 8 nitrogen and oxygen atoms in total. The lowest BCUT2D eigenvalue weighted by molar-refractivity contribution is -0.128. The number of nitrogens with one attached hydrogen (secondary N) is 2. The Morgan fingerprint density at radius 3 is 2.46 bits per heavy atom. The molecule has 2 aromatic carbocycles. The second-order valence-corrected chi connectivity index (χ2v) is 8.48. The molecule has 0 fully saturated rings. The summed E-state index contributed by atoms with van der Waals surface area (Å²) in [7, 11) is -4.01. The number of primary sulfonamides is 1. The summed E-state index contributed by atoms with van der Waals surface area (Å²) in [4.78, 5) is 24.1. The number of amides is 2. The molecule has 0 unspecified atom stereocenters. The Morgan fingerprint density at radius 1 is 1.14 bits per heavy atom. The van der Waals surface area contributed by atoms with Gasteiger partial charge in [-0.1, -0.05) is 12.1 Å². The topological polar surface area (TPSA) is 128 Å². The van der Waals surface area contributed by atoms with Crippen LogP contribution in [0.1, 0.15) is 28.4 Å². The number of hydrazine groups is 1. The molecule has 0 aliphatic carbocycles. The first-order valence-electron chi connectivity index (χ1n) is 8.16. The van der Waals surface area contributed by atoms with E-state index in [-0.39, 0.29) is 14.9 Å². The van der Waals surface area contributed by atoms with Crippen LogP contribution >= 0.6 is 15.9 Å². The van der Waals surface area contributed by atoms with Gasteiger partial charge in [0.15, 0.2) is 6.10 Å². The maximum absolute atomic E-state index is 12.2. The molecule has 0 saturated heterocycles. The molecule has 0 aliphatic heterocycles. The van der Waals surface area contributed by atoms with Gasteiger partial charge in [-0.25, -0.2) is 13.6 Å². The van der Waals surface area contributed by atoms with Crippen molar-refractivity contribution in [1.29, 1.82) is 0 Å². The molecule has 0 aromatic heterocycles. The minimum absolute atomic E-state index is 0.00984. The van der Waals surface area contributed by atoms with Gasteiger partial charge in [-0.3, -0.25) is 20.4 Å². The van der Waals surface area contributed by atoms with Gasteiger partial charge < -0.3 is 4.74 Å². The number of nitrogens with two attached hydrogens (primary N) is 1. The van der Waals surface area contributed by atoms with Crippen LogP contribution < -0.4 is 20.7 Å². The van der Waals surface area contributed by atoms with Crippen molar-refractivity contribution in [2.75, 3.05) is 0 Å². The number of hydrogen-bond acceptors (Lipinski definition) is 5. The molecular weight excluding hydrogens is 450 g/mol. The number of carbonyl (C=O) groups is 2. The Bertz CT molecular complexity index is 1020. The molecule has 2 amide bonds. The summed E-state index contributed by atoms with van der Waals surface area (Å²) < 4.78 is 28.9. The Hall–Kier alpha value is -2.43. The highest BCUT2D eigenvalue weighted by molar-refractivity contribution is 9.10. The first kappa shape index (κ1) is 21.9. The van der Waals surface area contributed by atoms with Crippen molar-refractivity contribution in [2.24, 2.45) is 5.14 Å². The van der Waals surface area contributed by atoms with Gasteiger partial charge in [-0.15, -0.1) is 0 Å². The van der Waals surface area contributed by atoms with Gasteiger partial charge in [0, 0.05) is 10.0 Å². The summed E-state index contributed by atoms with van der Waals surface area (Å²) >= 11 is 3.06. The predicted octanol–water partition coefficient (Wildman–Crippen LogP) is 1.94. The van der Waals surface area contributed by atoms with Crippen molar-refractivity contribution in [1.82, 2.24) is 10.9 Å². The number of hydrogen-bond donors (Lipinski definition) is 3. The van der Waals surface area contributed by atoms with Crippen LogP contribution in [0.5, 0.6) is 5.75 Å². The quantitative estimate of drug-likeness (QED) is 0.576. The van der Waals surface area contributed by atoms with Crippen molar-refractivity contribution >= 4 is 37.8 Å². The Kier molecular flexibility index (Phi) is 6.81. The summed E-state index contributed by atoms with van der Waals surface area (Å²) in [5.74, 6) is -0.706. The molecule has 4 N–H and O–H groups in total. The fourth-order valence-electron chi connectivity index (χ4n) is 2.25. The van der Waals surface area contributed by atoms with Crippen molar-refractivity contribution in [3.8, 4) is 5.75 Å². The van der Waals surface area contributed by atoms with Crippen LogP contribution in [0.3, 0.4) is 0 Å². The molecular formula is C18H20BrN3O5S. The summed E-state index contributed by atoms with van der Waals surface area (Å²) in [5.41, 5.74) is 6.42. The van der Waals surface area contributed by atoms with Crippen LogP contribution in [0.4, 0.5) is 0 Å². The monoisotopic (exact) mass is 469 g/mol. The first-order valence-corrected chi connectivity index (χ1v) is 10.5. The van der Waals surface area contributed by atoms with Crippen molar-refractivity contribution < 1.29 is 22.7 Å². The van der Waals surface area contributed by atoms with Gasteiger partial charge in [0.1, 0.15) is 5.75 Å². The van der Waals surface area contributed by atoms with Gasteiger partial charge in [-0.2, -0.15) is 0 Å². The standard InChI is InChI=1S/C18H20BrN3O5S/c1-10-5-4-6-15(11(10)2)27-12(3)17(23)21-22-18(24)13-7-8-14(19)16(9-13)28(20,25)26/h4-9,12H,1-3H3,(H,21,23)(H,22,24)(H2,20,25,26)/t12-/m1/s1. The average Bonchev–Trinajstić information content (AvgIpc) is 2.62. The highest BCUT2D eigenvalue weighted by Gasteiger charge is 2.19. The number of rotatable bonds is 5. The third-order valence-electron chi connectivity index (χ3n) is 4.03. The Labute approximate surface area is 171 Å². The van der Waals surface area contributed by atoms with Crippen LogP contribution in [-0.2, 0) is 14.8 Å². The molecule has 0 saturated carbocycles. The number of carbonyl (C=O) groups excluding carboxylic acids is 2. The van der Waals surface area contributed by atoms with E-state index >= 15 is 0 Å². The van der Waals surface area contributed by atoms with Crippen LogP contribution in [0, 0.1) is 13.8 Å². The predicted molar refractivity (Wildman–Crippen MR) is 107 cm³/mol. The Morgan fingerprint density at radius 2 is 1.82 bits per heavy atom. The van der Waals surface area contributed by atoms with E-state index in [0.717, 1.165) is 17.2 Å². The van der Waals surface area contributed by atoms with Gasteiger partial charge in [0.25, 0.3) is 11.8 Å². The lowest BCUT2D eigenvalue weighted by Crippen LogP contribution is -2.47. The van der Waals surface area contributed by atoms with Crippen molar-refractivity contribution in [3.05, 3.63) is 57.6 Å². The van der Waals surface area contributed by atoms with Crippen molar-refractivity contribution in [3.63, 3.8) is 0 Å². The second-order valence-electron chi connectivity index (χ2n) is 6.09. The molecule has 150 valence electrons. The molecule has 2 aromatic rings. The number of aryl methyl sites for hydroxylation is 1. The maximum Gasteiger partial charge on any atom is 0.279 e. The lowest BCUT2D eigenvalue weighted by Gasteiger charge is -2.17. The average molecular weight is 470 g/mol. The highest BCUT2D eigenvalue weighted by Crippen LogP contribution is 2.23. The van der Waals surface area contributed by atoms with Crippen LogP contribution in [-0.4, -0.2) is 26.3 Å². The van der Waals surface area contributed by atoms with Crippen LogP contribution in [0.2, 0.25) is 0 Å². The molecule has 0 spiro atoms. The summed E-state index contributed by atoms with van der Waals surface area (Å²) in [6.07, 6.45) is -0.870. The minimum atomic E-state index is -4.01. The van der Waals surface area contributed by atoms with Gasteiger partial charge in [0.2, 0.25) is 10.0 Å². The first-order chi connectivity index (χ1) is 13.0. The Balaban J connectivity index is 2.02. The number of sulfonamides is 1. The van der Waals surface area contributed by atoms with Crippen LogP contribution in [0.25, 0.3) is 0 Å². The molecule has 0 bridgehead atoms. The highest BCUT2D eigenvalue weighted by atomic mass is 79.9. The number of benzene rings is 2. The van der Waals surface area contributed by atoms with E-state index in [1.54, 1.807) is 13.0 Å². The zero-order chi connectivity index (χ0) is 21.1. The van der Waals surface area contributed by atoms with Crippen molar-refractivity contribution in [2.45, 2.75) is 31.8 Å². The zero-order valence-corrected chi connectivity index (χ0v) is 17.8. The second kappa shape index (κ2) is 8.72. The fourth-order valence-corrected chi connectivity index (χ4v) is 3.81. The maximum atomic E-state index is 12.2. The zero-order valence-electron chi connectivity index (χ0n) is 15.4. The van der Waals surface area contributed by atoms with E-state index in [1.807, 2.05) is 26.0 Å². The van der Waals surface area contributed by atoms with Crippen LogP contribution in [0.15, 0.2) is 45.8 Å². The molecule has 0 radical (unpaired) electrons. The molecule has 1 atom stereocenters. The van der Waals surface area contributed by atoms with E-state index in [9.17, 15) is 18.0 Å². The summed E-state index contributed by atoms with van der Waals surface area (Å²) in [6.45, 7) is 5.36. The molecule has 0 heterocycles. The molecule has 0 aliphatic rings. The fraction of sp³-hybridized carbons (Fsp3) is 0.222. The number of ether oxygens (including phenoxy) is 1. The number of halogens is 1. The minimum Gasteiger partial charge on any atom is -0.481 e. The normalized spacial score (nSPS) is 12.2. The molecule has 10 heteroatoms. The van der Waals surface area contributed by atoms with Gasteiger partial charge >= 0.3 is 0 Å². The third kappa shape index (κ3) is 5.31. The van der Waals surface area contributed by atoms with E-state index in [0.29, 0.717) is 5.75 Å². The smallest absolute Gasteiger partial charge is 0.279 e. The lowest BCUT2D eigenvalue weighted by atomic mass is 10.1. The molecule has 28 heavy (non-hydrogen) atoms. The largest absolute Gasteiger partial charge is 0.481 e. The van der Waals surface area contributed by atoms with Gasteiger partial charge in [-0.05, 0) is 72.1 Å². The molecule has 2 rings (SSSR count). The van der Waals surface area contributed by atoms with E-state index in [2.05, 4.69) is 26.8 Å². The summed E-state index contributed by atoms with van der Waals surface area (Å²) in [5, 5.41) is 5.11. The SMILES string of the molecule is Cc1cccc(O[C@H](C)C(=O)NNC(=O)c2ccc(Br)c(S(N)(=O)=O)c2)c1C. The van der Waals surface area contributed by atoms with E-state index < -0.39 is 27.9 Å². The third-order valence-corrected chi connectivity index (χ3v) is 5.93.